The standard InChI is InChI=1S/C9H13N5OS/c1-4(15)5(2)16-8-6-7(12-3-11-6)13-9(10)14-8/h3-5,15H,1-2H3,(H3,10,11,12,13,14). The molecule has 0 bridgehead atoms. The van der Waals surface area contributed by atoms with Crippen molar-refractivity contribution < 1.29 is 5.11 Å². The van der Waals surface area contributed by atoms with Crippen molar-refractivity contribution in [2.24, 2.45) is 0 Å². The van der Waals surface area contributed by atoms with Crippen LogP contribution in [-0.4, -0.2) is 36.4 Å². The van der Waals surface area contributed by atoms with Crippen molar-refractivity contribution in [1.82, 2.24) is 19.9 Å². The number of imidazole rings is 1. The molecule has 0 saturated heterocycles. The van der Waals surface area contributed by atoms with Crippen LogP contribution in [-0.2, 0) is 0 Å². The molecule has 0 radical (unpaired) electrons. The van der Waals surface area contributed by atoms with Crippen LogP contribution in [0.15, 0.2) is 11.4 Å². The zero-order valence-corrected chi connectivity index (χ0v) is 9.82. The van der Waals surface area contributed by atoms with Crippen molar-refractivity contribution in [2.45, 2.75) is 30.2 Å². The fourth-order valence-corrected chi connectivity index (χ4v) is 2.15. The van der Waals surface area contributed by atoms with Gasteiger partial charge in [-0.3, -0.25) is 0 Å². The number of hydrogen-bond donors (Lipinski definition) is 3. The number of rotatable bonds is 3. The van der Waals surface area contributed by atoms with Gasteiger partial charge in [-0.25, -0.2) is 9.97 Å². The number of aromatic nitrogens is 4. The maximum Gasteiger partial charge on any atom is 0.223 e. The van der Waals surface area contributed by atoms with Crippen LogP contribution in [0.25, 0.3) is 11.2 Å². The molecule has 0 saturated carbocycles. The highest BCUT2D eigenvalue weighted by molar-refractivity contribution is 8.00. The highest BCUT2D eigenvalue weighted by Crippen LogP contribution is 2.28. The Hall–Kier alpha value is -1.34. The average Bonchev–Trinajstić information content (AvgIpc) is 2.65. The zero-order chi connectivity index (χ0) is 11.7. The van der Waals surface area contributed by atoms with Crippen LogP contribution in [0, 0.1) is 0 Å². The highest BCUT2D eigenvalue weighted by Gasteiger charge is 2.15. The third kappa shape index (κ3) is 2.10. The van der Waals surface area contributed by atoms with E-state index < -0.39 is 6.10 Å². The van der Waals surface area contributed by atoms with E-state index in [2.05, 4.69) is 19.9 Å². The first-order valence-electron chi connectivity index (χ1n) is 4.89. The molecule has 6 nitrogen and oxygen atoms in total. The first-order valence-corrected chi connectivity index (χ1v) is 5.77. The number of nitrogens with one attached hydrogen (secondary N) is 1. The minimum absolute atomic E-state index is 0.0285. The molecule has 0 aliphatic rings. The van der Waals surface area contributed by atoms with Crippen LogP contribution in [0.5, 0.6) is 0 Å². The van der Waals surface area contributed by atoms with Gasteiger partial charge in [0.05, 0.1) is 12.4 Å². The van der Waals surface area contributed by atoms with Gasteiger partial charge in [-0.1, -0.05) is 18.7 Å². The van der Waals surface area contributed by atoms with Gasteiger partial charge in [-0.15, -0.1) is 0 Å². The second kappa shape index (κ2) is 4.26. The molecule has 2 aromatic heterocycles. The average molecular weight is 239 g/mol. The van der Waals surface area contributed by atoms with Crippen LogP contribution >= 0.6 is 11.8 Å². The molecule has 0 aromatic carbocycles. The first kappa shape index (κ1) is 11.2. The number of nitrogens with zero attached hydrogens (tertiary/aromatic N) is 3. The van der Waals surface area contributed by atoms with E-state index in [4.69, 9.17) is 5.73 Å². The number of aliphatic hydroxyl groups is 1. The third-order valence-corrected chi connectivity index (χ3v) is 3.53. The van der Waals surface area contributed by atoms with E-state index in [1.165, 1.54) is 11.8 Å². The molecule has 0 spiro atoms. The van der Waals surface area contributed by atoms with E-state index in [-0.39, 0.29) is 11.2 Å². The van der Waals surface area contributed by atoms with E-state index in [1.54, 1.807) is 13.3 Å². The SMILES string of the molecule is CC(O)C(C)Sc1nc(N)nc2nc[nH]c12. The largest absolute Gasteiger partial charge is 0.392 e. The second-order valence-electron chi connectivity index (χ2n) is 3.55. The maximum absolute atomic E-state index is 9.45. The number of aliphatic hydroxyl groups excluding tert-OH is 1. The van der Waals surface area contributed by atoms with Crippen molar-refractivity contribution in [1.29, 1.82) is 0 Å². The Bertz CT molecular complexity index is 498. The lowest BCUT2D eigenvalue weighted by Crippen LogP contribution is -2.15. The topological polar surface area (TPSA) is 101 Å². The molecular formula is C9H13N5OS. The van der Waals surface area contributed by atoms with Gasteiger partial charge in [0.1, 0.15) is 10.5 Å². The van der Waals surface area contributed by atoms with E-state index >= 15 is 0 Å². The summed E-state index contributed by atoms with van der Waals surface area (Å²) < 4.78 is 0. The number of nitrogen functional groups attached to an aromatic ring is 1. The van der Waals surface area contributed by atoms with Gasteiger partial charge in [-0.2, -0.15) is 4.98 Å². The number of aromatic amines is 1. The van der Waals surface area contributed by atoms with E-state index in [0.29, 0.717) is 10.7 Å². The van der Waals surface area contributed by atoms with Gasteiger partial charge < -0.3 is 15.8 Å². The van der Waals surface area contributed by atoms with Crippen molar-refractivity contribution in [3.8, 4) is 0 Å². The van der Waals surface area contributed by atoms with E-state index in [0.717, 1.165) is 5.52 Å². The number of fused-ring (bicyclic) bond motifs is 1. The molecule has 0 amide bonds. The summed E-state index contributed by atoms with van der Waals surface area (Å²) in [5.41, 5.74) is 6.89. The molecule has 0 aliphatic carbocycles. The second-order valence-corrected chi connectivity index (χ2v) is 4.92. The zero-order valence-electron chi connectivity index (χ0n) is 9.01. The summed E-state index contributed by atoms with van der Waals surface area (Å²) in [5, 5.41) is 10.2. The van der Waals surface area contributed by atoms with Crippen LogP contribution in [0.2, 0.25) is 0 Å². The smallest absolute Gasteiger partial charge is 0.223 e. The third-order valence-electron chi connectivity index (χ3n) is 2.25. The van der Waals surface area contributed by atoms with Crippen LogP contribution in [0.1, 0.15) is 13.8 Å². The summed E-state index contributed by atoms with van der Waals surface area (Å²) in [7, 11) is 0. The monoisotopic (exact) mass is 239 g/mol. The van der Waals surface area contributed by atoms with Crippen molar-refractivity contribution in [3.05, 3.63) is 6.33 Å². The minimum atomic E-state index is -0.417. The summed E-state index contributed by atoms with van der Waals surface area (Å²) in [6.45, 7) is 3.67. The lowest BCUT2D eigenvalue weighted by molar-refractivity contribution is 0.196. The molecule has 0 aliphatic heterocycles. The molecule has 7 heteroatoms. The molecule has 16 heavy (non-hydrogen) atoms. The lowest BCUT2D eigenvalue weighted by Gasteiger charge is -2.13. The number of hydrogen-bond acceptors (Lipinski definition) is 6. The van der Waals surface area contributed by atoms with Gasteiger partial charge in [0, 0.05) is 5.25 Å². The predicted octanol–water partition coefficient (Wildman–Crippen LogP) is 0.796. The summed E-state index contributed by atoms with van der Waals surface area (Å²) in [6, 6.07) is 0. The normalized spacial score (nSPS) is 15.2. The summed E-state index contributed by atoms with van der Waals surface area (Å²) >= 11 is 1.45. The fourth-order valence-electron chi connectivity index (χ4n) is 1.18. The molecule has 4 N–H and O–H groups in total. The van der Waals surface area contributed by atoms with Gasteiger partial charge in [0.15, 0.2) is 5.65 Å². The Morgan fingerprint density at radius 2 is 2.19 bits per heavy atom. The molecule has 2 unspecified atom stereocenters. The van der Waals surface area contributed by atoms with Crippen LogP contribution in [0.4, 0.5) is 5.95 Å². The highest BCUT2D eigenvalue weighted by atomic mass is 32.2. The number of nitrogens with two attached hydrogens (primary N) is 1. The molecule has 2 heterocycles. The Morgan fingerprint density at radius 3 is 2.88 bits per heavy atom. The Kier molecular flexibility index (Phi) is 2.97. The van der Waals surface area contributed by atoms with Gasteiger partial charge in [0.25, 0.3) is 0 Å². The molecule has 0 fully saturated rings. The van der Waals surface area contributed by atoms with Gasteiger partial charge in [-0.05, 0) is 6.92 Å². The molecule has 2 aromatic rings. The molecular weight excluding hydrogens is 226 g/mol. The number of thioether (sulfide) groups is 1. The molecule has 2 rings (SSSR count). The fraction of sp³-hybridized carbons (Fsp3) is 0.444. The Balaban J connectivity index is 2.39. The molecule has 86 valence electrons. The number of H-pyrrole nitrogens is 1. The van der Waals surface area contributed by atoms with E-state index in [9.17, 15) is 5.11 Å². The summed E-state index contributed by atoms with van der Waals surface area (Å²) in [5.74, 6) is 0.194. The Labute approximate surface area is 96.7 Å². The predicted molar refractivity (Wildman–Crippen MR) is 63.1 cm³/mol. The van der Waals surface area contributed by atoms with E-state index in [1.807, 2.05) is 6.92 Å². The quantitative estimate of drug-likeness (QED) is 0.541. The maximum atomic E-state index is 9.45. The summed E-state index contributed by atoms with van der Waals surface area (Å²) in [6.07, 6.45) is 1.13. The first-order chi connectivity index (χ1) is 7.58. The van der Waals surface area contributed by atoms with Crippen molar-refractivity contribution in [2.75, 3.05) is 5.73 Å². The van der Waals surface area contributed by atoms with Crippen molar-refractivity contribution in [3.63, 3.8) is 0 Å². The number of anilines is 1. The molecule has 2 atom stereocenters. The Morgan fingerprint density at radius 1 is 1.44 bits per heavy atom. The van der Waals surface area contributed by atoms with Crippen LogP contribution < -0.4 is 5.73 Å². The van der Waals surface area contributed by atoms with Crippen molar-refractivity contribution >= 4 is 28.9 Å². The van der Waals surface area contributed by atoms with Gasteiger partial charge >= 0.3 is 0 Å². The van der Waals surface area contributed by atoms with Crippen LogP contribution in [0.3, 0.4) is 0 Å². The summed E-state index contributed by atoms with van der Waals surface area (Å²) in [4.78, 5) is 15.1. The lowest BCUT2D eigenvalue weighted by atomic mass is 10.3. The minimum Gasteiger partial charge on any atom is -0.392 e. The van der Waals surface area contributed by atoms with Gasteiger partial charge in [0.2, 0.25) is 5.95 Å².